The summed E-state index contributed by atoms with van der Waals surface area (Å²) in [4.78, 5) is 8.16. The monoisotopic (exact) mass is 504 g/mol. The topological polar surface area (TPSA) is 90.9 Å². The number of ether oxygens (including phenoxy) is 1. The van der Waals surface area contributed by atoms with Crippen LogP contribution < -0.4 is 10.1 Å². The smallest absolute Gasteiger partial charge is 0.419 e. The number of fused-ring (bicyclic) bond motifs is 1. The van der Waals surface area contributed by atoms with Gasteiger partial charge in [-0.3, -0.25) is 4.68 Å². The summed E-state index contributed by atoms with van der Waals surface area (Å²) in [5.41, 5.74) is 0.859. The maximum atomic E-state index is 14.4. The number of halogens is 4. The second kappa shape index (κ2) is 9.40. The van der Waals surface area contributed by atoms with Gasteiger partial charge in [0.2, 0.25) is 0 Å². The number of nitrogens with one attached hydrogen (secondary N) is 1. The Morgan fingerprint density at radius 3 is 2.61 bits per heavy atom. The molecule has 0 radical (unpaired) electrons. The van der Waals surface area contributed by atoms with Crippen LogP contribution in [0.3, 0.4) is 0 Å². The maximum Gasteiger partial charge on any atom is 0.419 e. The van der Waals surface area contributed by atoms with Gasteiger partial charge in [-0.05, 0) is 45.6 Å². The van der Waals surface area contributed by atoms with Gasteiger partial charge in [0.05, 0.1) is 22.8 Å². The van der Waals surface area contributed by atoms with Gasteiger partial charge >= 0.3 is 6.18 Å². The third-order valence-electron chi connectivity index (χ3n) is 6.24. The molecule has 1 aliphatic carbocycles. The molecule has 1 aliphatic rings. The molecule has 190 valence electrons. The molecule has 5 rings (SSSR count). The molecule has 0 atom stereocenters. The molecule has 0 unspecified atom stereocenters. The van der Waals surface area contributed by atoms with Gasteiger partial charge in [0.15, 0.2) is 11.6 Å². The van der Waals surface area contributed by atoms with Crippen molar-refractivity contribution in [3.05, 3.63) is 47.7 Å². The molecular weight excluding hydrogens is 480 g/mol. The van der Waals surface area contributed by atoms with E-state index in [0.29, 0.717) is 49.7 Å². The molecule has 4 heterocycles. The highest BCUT2D eigenvalue weighted by Gasteiger charge is 2.36. The van der Waals surface area contributed by atoms with Crippen molar-refractivity contribution < 1.29 is 26.8 Å². The van der Waals surface area contributed by atoms with Gasteiger partial charge in [-0.1, -0.05) is 5.16 Å². The molecule has 0 saturated heterocycles. The lowest BCUT2D eigenvalue weighted by Gasteiger charge is -2.29. The quantitative estimate of drug-likeness (QED) is 0.325. The molecule has 4 aromatic rings. The summed E-state index contributed by atoms with van der Waals surface area (Å²) >= 11 is 0. The number of alkyl halides is 3. The fourth-order valence-electron chi connectivity index (χ4n) is 4.54. The minimum absolute atomic E-state index is 0.00121. The normalized spacial score (nSPS) is 18.5. The van der Waals surface area contributed by atoms with Gasteiger partial charge in [0.25, 0.3) is 5.88 Å². The molecule has 0 aromatic carbocycles. The van der Waals surface area contributed by atoms with E-state index in [1.165, 1.54) is 0 Å². The van der Waals surface area contributed by atoms with Crippen molar-refractivity contribution in [2.75, 3.05) is 11.9 Å². The van der Waals surface area contributed by atoms with Gasteiger partial charge in [0, 0.05) is 36.5 Å². The second-order valence-corrected chi connectivity index (χ2v) is 8.77. The van der Waals surface area contributed by atoms with E-state index in [1.54, 1.807) is 6.20 Å². The van der Waals surface area contributed by atoms with Crippen molar-refractivity contribution in [1.29, 1.82) is 0 Å². The van der Waals surface area contributed by atoms with Crippen molar-refractivity contribution in [2.45, 2.75) is 57.9 Å². The molecule has 0 amide bonds. The van der Waals surface area contributed by atoms with Crippen molar-refractivity contribution >= 4 is 16.7 Å². The number of nitrogens with zero attached hydrogens (tertiary/aromatic N) is 5. The van der Waals surface area contributed by atoms with E-state index in [0.717, 1.165) is 28.6 Å². The van der Waals surface area contributed by atoms with Crippen molar-refractivity contribution in [1.82, 2.24) is 24.9 Å². The SMILES string of the molecule is CCNc1cc2c(cn1)c(-c1cc(C)no1)nn2[C@H]1CC[C@@H](Oc2nccc(C(F)(F)F)c2F)CC1. The van der Waals surface area contributed by atoms with Gasteiger partial charge in [-0.15, -0.1) is 0 Å². The first-order valence-electron chi connectivity index (χ1n) is 11.7. The van der Waals surface area contributed by atoms with Gasteiger partial charge < -0.3 is 14.6 Å². The number of aromatic nitrogens is 5. The van der Waals surface area contributed by atoms with Crippen molar-refractivity contribution in [2.24, 2.45) is 0 Å². The lowest BCUT2D eigenvalue weighted by atomic mass is 9.93. The molecular formula is C24H24F4N6O2. The van der Waals surface area contributed by atoms with Crippen LogP contribution in [-0.2, 0) is 6.18 Å². The van der Waals surface area contributed by atoms with Crippen molar-refractivity contribution in [3.63, 3.8) is 0 Å². The van der Waals surface area contributed by atoms with Crippen LogP contribution in [0.4, 0.5) is 23.4 Å². The largest absolute Gasteiger partial charge is 0.472 e. The Labute approximate surface area is 203 Å². The van der Waals surface area contributed by atoms with Crippen LogP contribution >= 0.6 is 0 Å². The number of pyridine rings is 2. The molecule has 36 heavy (non-hydrogen) atoms. The van der Waals surface area contributed by atoms with Crippen molar-refractivity contribution in [3.8, 4) is 17.3 Å². The zero-order valence-electron chi connectivity index (χ0n) is 19.6. The van der Waals surface area contributed by atoms with E-state index in [4.69, 9.17) is 14.4 Å². The van der Waals surface area contributed by atoms with Crippen LogP contribution in [0.1, 0.15) is 49.9 Å². The summed E-state index contributed by atoms with van der Waals surface area (Å²) < 4.78 is 66.4. The number of hydrogen-bond donors (Lipinski definition) is 1. The molecule has 1 N–H and O–H groups in total. The number of aryl methyl sites for hydroxylation is 1. The van der Waals surface area contributed by atoms with E-state index in [1.807, 2.05) is 30.7 Å². The Morgan fingerprint density at radius 1 is 1.17 bits per heavy atom. The van der Waals surface area contributed by atoms with Crippen LogP contribution in [0, 0.1) is 12.7 Å². The number of anilines is 1. The highest BCUT2D eigenvalue weighted by Crippen LogP contribution is 2.38. The fourth-order valence-corrected chi connectivity index (χ4v) is 4.54. The summed E-state index contributed by atoms with van der Waals surface area (Å²) in [6, 6.07) is 4.35. The lowest BCUT2D eigenvalue weighted by Crippen LogP contribution is -2.27. The Kier molecular flexibility index (Phi) is 6.27. The average molecular weight is 504 g/mol. The van der Waals surface area contributed by atoms with Crippen LogP contribution in [0.25, 0.3) is 22.4 Å². The average Bonchev–Trinajstić information content (AvgIpc) is 3.44. The zero-order valence-corrected chi connectivity index (χ0v) is 19.6. The van der Waals surface area contributed by atoms with E-state index in [2.05, 4.69) is 20.4 Å². The minimum Gasteiger partial charge on any atom is -0.472 e. The first-order valence-corrected chi connectivity index (χ1v) is 11.7. The summed E-state index contributed by atoms with van der Waals surface area (Å²) in [5, 5.41) is 12.8. The predicted octanol–water partition coefficient (Wildman–Crippen LogP) is 5.94. The summed E-state index contributed by atoms with van der Waals surface area (Å²) in [6.07, 6.45) is -0.331. The summed E-state index contributed by atoms with van der Waals surface area (Å²) in [6.45, 7) is 4.52. The number of rotatable bonds is 6. The van der Waals surface area contributed by atoms with Crippen LogP contribution in [0.2, 0.25) is 0 Å². The molecule has 4 aromatic heterocycles. The maximum absolute atomic E-state index is 14.4. The molecule has 0 bridgehead atoms. The first kappa shape index (κ1) is 24.0. The zero-order chi connectivity index (χ0) is 25.4. The summed E-state index contributed by atoms with van der Waals surface area (Å²) in [7, 11) is 0. The van der Waals surface area contributed by atoms with E-state index in [-0.39, 0.29) is 6.04 Å². The Hall–Kier alpha value is -3.70. The number of hydrogen-bond acceptors (Lipinski definition) is 7. The van der Waals surface area contributed by atoms with Crippen LogP contribution in [0.15, 0.2) is 35.1 Å². The van der Waals surface area contributed by atoms with E-state index < -0.39 is 29.5 Å². The molecule has 0 aliphatic heterocycles. The van der Waals surface area contributed by atoms with Crippen LogP contribution in [0.5, 0.6) is 5.88 Å². The van der Waals surface area contributed by atoms with E-state index >= 15 is 0 Å². The summed E-state index contributed by atoms with van der Waals surface area (Å²) in [5.74, 6) is -0.852. The Bertz CT molecular complexity index is 1370. The Morgan fingerprint density at radius 2 is 1.94 bits per heavy atom. The highest BCUT2D eigenvalue weighted by molar-refractivity contribution is 5.92. The fraction of sp³-hybridized carbons (Fsp3) is 0.417. The molecule has 0 spiro atoms. The van der Waals surface area contributed by atoms with Gasteiger partial charge in [0.1, 0.15) is 17.6 Å². The van der Waals surface area contributed by atoms with Gasteiger partial charge in [-0.25, -0.2) is 14.4 Å². The molecule has 8 nitrogen and oxygen atoms in total. The lowest BCUT2D eigenvalue weighted by molar-refractivity contribution is -0.140. The standard InChI is InChI=1S/C24H24F4N6O2/c1-3-29-20-11-18-16(12-31-20)22(19-10-13(2)33-36-19)32-34(18)14-4-6-15(7-5-14)35-23-21(25)17(8-9-30-23)24(26,27)28/h8-12,14-15H,3-7H2,1-2H3,(H,29,31)/t14-,15+. The minimum atomic E-state index is -4.82. The van der Waals surface area contributed by atoms with E-state index in [9.17, 15) is 17.6 Å². The van der Waals surface area contributed by atoms with Crippen LogP contribution in [-0.4, -0.2) is 37.6 Å². The van der Waals surface area contributed by atoms with Gasteiger partial charge in [-0.2, -0.15) is 18.3 Å². The molecule has 1 fully saturated rings. The third-order valence-corrected chi connectivity index (χ3v) is 6.24. The second-order valence-electron chi connectivity index (χ2n) is 8.77. The predicted molar refractivity (Wildman–Crippen MR) is 123 cm³/mol. The molecule has 1 saturated carbocycles. The Balaban J connectivity index is 1.38. The third kappa shape index (κ3) is 4.59. The highest BCUT2D eigenvalue weighted by atomic mass is 19.4. The first-order chi connectivity index (χ1) is 17.2. The molecule has 12 heteroatoms.